The predicted octanol–water partition coefficient (Wildman–Crippen LogP) is 1.92. The van der Waals surface area contributed by atoms with Crippen LogP contribution in [0.5, 0.6) is 0 Å². The number of phosphoric ester groups is 1. The number of hydrogen-bond donors (Lipinski definition) is 2. The summed E-state index contributed by atoms with van der Waals surface area (Å²) in [7, 11) is -6.18. The molecule has 6 heteroatoms. The maximum Gasteiger partial charge on any atom is 0.469 e. The van der Waals surface area contributed by atoms with E-state index >= 15 is 0 Å². The Morgan fingerprint density at radius 2 is 1.36 bits per heavy atom. The monoisotopic (exact) mass is 336 g/mol. The summed E-state index contributed by atoms with van der Waals surface area (Å²) in [6, 6.07) is 20.3. The van der Waals surface area contributed by atoms with Gasteiger partial charge in [0, 0.05) is 0 Å². The van der Waals surface area contributed by atoms with Crippen LogP contribution in [-0.2, 0) is 9.09 Å². The molecule has 22 heavy (non-hydrogen) atoms. The van der Waals surface area contributed by atoms with Gasteiger partial charge in [-0.3, -0.25) is 4.52 Å². The van der Waals surface area contributed by atoms with E-state index in [0.29, 0.717) is 0 Å². The van der Waals surface area contributed by atoms with Crippen LogP contribution < -0.4 is 10.4 Å². The van der Waals surface area contributed by atoms with Gasteiger partial charge in [0.1, 0.15) is 8.80 Å². The van der Waals surface area contributed by atoms with Crippen molar-refractivity contribution in [3.63, 3.8) is 0 Å². The summed E-state index contributed by atoms with van der Waals surface area (Å²) in [6.45, 7) is 4.05. The highest BCUT2D eigenvalue weighted by atomic mass is 31.2. The molecule has 0 aromatic heterocycles. The van der Waals surface area contributed by atoms with Crippen molar-refractivity contribution in [3.8, 4) is 0 Å². The summed E-state index contributed by atoms with van der Waals surface area (Å²) < 4.78 is 15.9. The van der Waals surface area contributed by atoms with E-state index in [2.05, 4.69) is 24.3 Å². The maximum atomic E-state index is 11.1. The van der Waals surface area contributed by atoms with E-state index in [9.17, 15) is 4.57 Å². The second-order valence-electron chi connectivity index (χ2n) is 6.01. The lowest BCUT2D eigenvalue weighted by molar-refractivity contribution is 0.180. The van der Waals surface area contributed by atoms with Crippen LogP contribution in [0.15, 0.2) is 60.7 Å². The van der Waals surface area contributed by atoms with Gasteiger partial charge in [-0.1, -0.05) is 84.9 Å². The molecule has 2 aromatic rings. The summed E-state index contributed by atoms with van der Waals surface area (Å²) in [5.74, 6) is 0. The lowest BCUT2D eigenvalue weighted by Crippen LogP contribution is -2.51. The fourth-order valence-electron chi connectivity index (χ4n) is 2.72. The fourth-order valence-corrected chi connectivity index (χ4v) is 7.01. The van der Waals surface area contributed by atoms with E-state index in [1.54, 1.807) is 0 Å². The molecule has 0 aliphatic carbocycles. The van der Waals surface area contributed by atoms with E-state index in [-0.39, 0.29) is 11.6 Å². The summed E-state index contributed by atoms with van der Waals surface area (Å²) >= 11 is 0. The highest BCUT2D eigenvalue weighted by molar-refractivity contribution is 7.46. The number of benzene rings is 2. The van der Waals surface area contributed by atoms with Crippen LogP contribution in [0.4, 0.5) is 0 Å². The Kier molecular flexibility index (Phi) is 5.37. The van der Waals surface area contributed by atoms with Gasteiger partial charge in [0.2, 0.25) is 0 Å². The van der Waals surface area contributed by atoms with Crippen LogP contribution in [-0.4, -0.2) is 25.2 Å². The molecular formula is C16H21O4PSi. The molecule has 0 aliphatic rings. The van der Waals surface area contributed by atoms with Crippen molar-refractivity contribution >= 4 is 27.0 Å². The molecule has 4 nitrogen and oxygen atoms in total. The van der Waals surface area contributed by atoms with Gasteiger partial charge >= 0.3 is 7.82 Å². The Morgan fingerprint density at radius 3 is 1.73 bits per heavy atom. The van der Waals surface area contributed by atoms with Gasteiger partial charge in [-0.2, -0.15) is 0 Å². The molecule has 0 heterocycles. The zero-order valence-corrected chi connectivity index (χ0v) is 14.8. The Hall–Kier alpha value is -1.23. The van der Waals surface area contributed by atoms with E-state index in [1.807, 2.05) is 50.2 Å². The first-order valence-corrected chi connectivity index (χ1v) is 10.4. The second kappa shape index (κ2) is 6.90. The number of rotatable bonds is 6. The van der Waals surface area contributed by atoms with Crippen LogP contribution in [0.1, 0.15) is 13.8 Å². The Labute approximate surface area is 132 Å². The zero-order valence-electron chi connectivity index (χ0n) is 12.7. The van der Waals surface area contributed by atoms with Crippen LogP contribution in [0, 0.1) is 0 Å². The first-order valence-electron chi connectivity index (χ1n) is 7.09. The molecule has 0 atom stereocenters. The maximum absolute atomic E-state index is 11.1. The Balaban J connectivity index is 2.38. The van der Waals surface area contributed by atoms with Gasteiger partial charge < -0.3 is 9.79 Å². The molecule has 118 valence electrons. The van der Waals surface area contributed by atoms with Crippen LogP contribution in [0.25, 0.3) is 0 Å². The van der Waals surface area contributed by atoms with Gasteiger partial charge in [-0.15, -0.1) is 0 Å². The van der Waals surface area contributed by atoms with Crippen LogP contribution in [0.2, 0.25) is 5.04 Å². The van der Waals surface area contributed by atoms with Crippen molar-refractivity contribution in [1.82, 2.24) is 0 Å². The summed E-state index contributed by atoms with van der Waals surface area (Å²) in [5.41, 5.74) is 0. The number of phosphoric acid groups is 1. The average molecular weight is 336 g/mol. The Bertz CT molecular complexity index is 600. The highest BCUT2D eigenvalue weighted by Gasteiger charge is 2.36. The smallest absolute Gasteiger partial charge is 0.303 e. The quantitative estimate of drug-likeness (QED) is 0.625. The van der Waals surface area contributed by atoms with Crippen molar-refractivity contribution in [1.29, 1.82) is 0 Å². The first-order chi connectivity index (χ1) is 10.3. The lowest BCUT2D eigenvalue weighted by Gasteiger charge is -2.33. The van der Waals surface area contributed by atoms with Gasteiger partial charge in [-0.25, -0.2) is 4.57 Å². The SMILES string of the molecule is CC(C)(COP(=O)(O)O)[SiH](c1ccccc1)c1ccccc1. The first kappa shape index (κ1) is 17.1. The molecule has 2 rings (SSSR count). The second-order valence-corrected chi connectivity index (χ2v) is 11.0. The summed E-state index contributed by atoms with van der Waals surface area (Å²) in [4.78, 5) is 18.0. The summed E-state index contributed by atoms with van der Waals surface area (Å²) in [5, 5.41) is 2.12. The molecule has 0 aliphatic heterocycles. The van der Waals surface area contributed by atoms with Crippen molar-refractivity contribution in [2.24, 2.45) is 0 Å². The van der Waals surface area contributed by atoms with Gasteiger partial charge in [0.15, 0.2) is 0 Å². The molecule has 0 amide bonds. The van der Waals surface area contributed by atoms with Gasteiger partial charge in [0.05, 0.1) is 6.61 Å². The van der Waals surface area contributed by atoms with Crippen LogP contribution in [0.3, 0.4) is 0 Å². The zero-order chi connectivity index (χ0) is 16.2. The van der Waals surface area contributed by atoms with Crippen molar-refractivity contribution < 1.29 is 18.9 Å². The van der Waals surface area contributed by atoms with Crippen molar-refractivity contribution in [3.05, 3.63) is 60.7 Å². The normalized spacial score (nSPS) is 12.6. The van der Waals surface area contributed by atoms with Crippen molar-refractivity contribution in [2.75, 3.05) is 6.61 Å². The van der Waals surface area contributed by atoms with E-state index in [0.717, 1.165) is 0 Å². The van der Waals surface area contributed by atoms with Crippen LogP contribution >= 0.6 is 7.82 Å². The molecule has 0 saturated heterocycles. The average Bonchev–Trinajstić information content (AvgIpc) is 2.47. The minimum absolute atomic E-state index is 0.0257. The third-order valence-electron chi connectivity index (χ3n) is 3.65. The molecule has 0 bridgehead atoms. The minimum atomic E-state index is -4.46. The molecule has 0 unspecified atom stereocenters. The molecule has 0 radical (unpaired) electrons. The van der Waals surface area contributed by atoms with Gasteiger partial charge in [-0.05, 0) is 5.04 Å². The largest absolute Gasteiger partial charge is 0.469 e. The number of hydrogen-bond acceptors (Lipinski definition) is 2. The molecule has 2 N–H and O–H groups in total. The third kappa shape index (κ3) is 4.63. The molecule has 0 saturated carbocycles. The van der Waals surface area contributed by atoms with Crippen molar-refractivity contribution in [2.45, 2.75) is 18.9 Å². The van der Waals surface area contributed by atoms with E-state index in [1.165, 1.54) is 10.4 Å². The van der Waals surface area contributed by atoms with E-state index < -0.39 is 16.6 Å². The highest BCUT2D eigenvalue weighted by Crippen LogP contribution is 2.40. The third-order valence-corrected chi connectivity index (χ3v) is 7.95. The van der Waals surface area contributed by atoms with Gasteiger partial charge in [0.25, 0.3) is 0 Å². The molecule has 0 fully saturated rings. The predicted molar refractivity (Wildman–Crippen MR) is 91.3 cm³/mol. The lowest BCUT2D eigenvalue weighted by atomic mass is 10.2. The standard InChI is InChI=1S/C16H21O4PSi/c1-16(2,13-20-21(17,18)19)22(14-9-5-3-6-10-14)15-11-7-4-8-12-15/h3-12,22H,13H2,1-2H3,(H2,17,18,19). The Morgan fingerprint density at radius 1 is 0.955 bits per heavy atom. The molecular weight excluding hydrogens is 315 g/mol. The minimum Gasteiger partial charge on any atom is -0.303 e. The fraction of sp³-hybridized carbons (Fsp3) is 0.250. The van der Waals surface area contributed by atoms with E-state index in [4.69, 9.17) is 14.3 Å². The molecule has 0 spiro atoms. The topological polar surface area (TPSA) is 66.8 Å². The summed E-state index contributed by atoms with van der Waals surface area (Å²) in [6.07, 6.45) is 0. The molecule has 2 aromatic carbocycles.